The Balaban J connectivity index is 3.35. The number of rotatable bonds is 3. The van der Waals surface area contributed by atoms with Gasteiger partial charge in [0.1, 0.15) is 0 Å². The number of methoxy groups -OCH3 is 1. The molecule has 0 saturated carbocycles. The minimum atomic E-state index is -2.70. The maximum absolute atomic E-state index is 12.4. The normalized spacial score (nSPS) is 10.4. The van der Waals surface area contributed by atoms with Crippen molar-refractivity contribution in [1.29, 1.82) is 0 Å². The van der Waals surface area contributed by atoms with Gasteiger partial charge in [0, 0.05) is 22.9 Å². The molecular weight excluding hydrogens is 192 g/mol. The van der Waals surface area contributed by atoms with Crippen molar-refractivity contribution < 1.29 is 18.3 Å². The Bertz CT molecular complexity index is 353. The third-order valence-electron chi connectivity index (χ3n) is 1.90. The van der Waals surface area contributed by atoms with Crippen LogP contribution in [-0.2, 0) is 0 Å². The zero-order valence-corrected chi connectivity index (χ0v) is 7.75. The zero-order chi connectivity index (χ0) is 10.7. The summed E-state index contributed by atoms with van der Waals surface area (Å²) in [6, 6.07) is 0. The van der Waals surface area contributed by atoms with Crippen molar-refractivity contribution in [1.82, 2.24) is 4.98 Å². The summed E-state index contributed by atoms with van der Waals surface area (Å²) in [5.41, 5.74) is -0.0783. The molecule has 3 nitrogen and oxygen atoms in total. The number of hydrogen-bond acceptors (Lipinski definition) is 3. The molecule has 1 aromatic rings. The van der Waals surface area contributed by atoms with E-state index in [0.29, 0.717) is 11.8 Å². The third-order valence-corrected chi connectivity index (χ3v) is 1.90. The molecule has 1 rings (SSSR count). The second kappa shape index (κ2) is 4.13. The quantitative estimate of drug-likeness (QED) is 0.703. The molecule has 0 fully saturated rings. The monoisotopic (exact) mass is 201 g/mol. The lowest BCUT2D eigenvalue weighted by atomic mass is 10.1. The maximum Gasteiger partial charge on any atom is 0.266 e. The fraction of sp³-hybridized carbons (Fsp3) is 0.333. The molecule has 0 radical (unpaired) electrons. The number of aromatic nitrogens is 1. The lowest BCUT2D eigenvalue weighted by molar-refractivity contribution is 0.110. The topological polar surface area (TPSA) is 39.2 Å². The number of pyridine rings is 1. The second-order valence-electron chi connectivity index (χ2n) is 2.68. The second-order valence-corrected chi connectivity index (χ2v) is 2.68. The molecule has 0 aromatic carbocycles. The Labute approximate surface area is 79.7 Å². The lowest BCUT2D eigenvalue weighted by Crippen LogP contribution is -2.01. The van der Waals surface area contributed by atoms with E-state index >= 15 is 0 Å². The summed E-state index contributed by atoms with van der Waals surface area (Å²) in [4.78, 5) is 14.3. The predicted molar refractivity (Wildman–Crippen MR) is 45.9 cm³/mol. The zero-order valence-electron chi connectivity index (χ0n) is 7.75. The first kappa shape index (κ1) is 10.6. The molecule has 0 atom stereocenters. The highest BCUT2D eigenvalue weighted by Gasteiger charge is 2.17. The van der Waals surface area contributed by atoms with Gasteiger partial charge >= 0.3 is 0 Å². The number of carbonyl (C=O) groups is 1. The van der Waals surface area contributed by atoms with Gasteiger partial charge in [-0.1, -0.05) is 0 Å². The molecule has 0 N–H and O–H groups in total. The summed E-state index contributed by atoms with van der Waals surface area (Å²) in [5, 5.41) is 0. The molecule has 76 valence electrons. The van der Waals surface area contributed by atoms with Crippen LogP contribution >= 0.6 is 0 Å². The average Bonchev–Trinajstić information content (AvgIpc) is 2.17. The van der Waals surface area contributed by atoms with Gasteiger partial charge in [0.05, 0.1) is 7.11 Å². The minimum absolute atomic E-state index is 0.0492. The van der Waals surface area contributed by atoms with Crippen LogP contribution < -0.4 is 4.74 Å². The van der Waals surface area contributed by atoms with Crippen LogP contribution in [0, 0.1) is 6.92 Å². The Hall–Kier alpha value is -1.52. The van der Waals surface area contributed by atoms with Gasteiger partial charge in [-0.05, 0) is 6.92 Å². The molecule has 0 aliphatic carbocycles. The Morgan fingerprint density at radius 2 is 2.21 bits per heavy atom. The van der Waals surface area contributed by atoms with Gasteiger partial charge in [0.15, 0.2) is 6.29 Å². The van der Waals surface area contributed by atoms with Crippen LogP contribution in [0.5, 0.6) is 5.88 Å². The number of ether oxygens (including phenoxy) is 1. The van der Waals surface area contributed by atoms with E-state index in [2.05, 4.69) is 4.98 Å². The summed E-state index contributed by atoms with van der Waals surface area (Å²) in [5.74, 6) is 0.191. The molecule has 0 aliphatic heterocycles. The molecule has 0 spiro atoms. The molecule has 5 heteroatoms. The number of aldehydes is 1. The van der Waals surface area contributed by atoms with Crippen LogP contribution in [0.2, 0.25) is 0 Å². The SMILES string of the molecule is COc1ncc(C(F)F)c(C=O)c1C. The van der Waals surface area contributed by atoms with Gasteiger partial charge in [-0.25, -0.2) is 13.8 Å². The van der Waals surface area contributed by atoms with Crippen molar-refractivity contribution in [3.8, 4) is 5.88 Å². The van der Waals surface area contributed by atoms with Crippen LogP contribution in [0.4, 0.5) is 8.78 Å². The van der Waals surface area contributed by atoms with Crippen molar-refractivity contribution in [3.63, 3.8) is 0 Å². The lowest BCUT2D eigenvalue weighted by Gasteiger charge is -2.09. The first-order chi connectivity index (χ1) is 6.61. The minimum Gasteiger partial charge on any atom is -0.481 e. The summed E-state index contributed by atoms with van der Waals surface area (Å²) in [6.07, 6.45) is -1.35. The van der Waals surface area contributed by atoms with E-state index in [0.717, 1.165) is 6.20 Å². The van der Waals surface area contributed by atoms with Gasteiger partial charge in [-0.15, -0.1) is 0 Å². The summed E-state index contributed by atoms with van der Waals surface area (Å²) in [6.45, 7) is 1.52. The van der Waals surface area contributed by atoms with Crippen LogP contribution in [0.25, 0.3) is 0 Å². The fourth-order valence-electron chi connectivity index (χ4n) is 1.16. The van der Waals surface area contributed by atoms with Crippen molar-refractivity contribution >= 4 is 6.29 Å². The number of nitrogens with zero attached hydrogens (tertiary/aromatic N) is 1. The predicted octanol–water partition coefficient (Wildman–Crippen LogP) is 2.15. The van der Waals surface area contributed by atoms with Crippen LogP contribution in [0.3, 0.4) is 0 Å². The highest BCUT2D eigenvalue weighted by Crippen LogP contribution is 2.27. The standard InChI is InChI=1S/C9H9F2NO2/c1-5-7(4-13)6(8(10)11)3-12-9(5)14-2/h3-4,8H,1-2H3. The Morgan fingerprint density at radius 3 is 2.64 bits per heavy atom. The Kier molecular flexibility index (Phi) is 3.11. The van der Waals surface area contributed by atoms with Gasteiger partial charge in [0.2, 0.25) is 5.88 Å². The molecule has 1 heterocycles. The molecule has 0 aliphatic rings. The van der Waals surface area contributed by atoms with E-state index in [1.165, 1.54) is 14.0 Å². The Morgan fingerprint density at radius 1 is 1.57 bits per heavy atom. The van der Waals surface area contributed by atoms with Gasteiger partial charge < -0.3 is 4.74 Å². The maximum atomic E-state index is 12.4. The first-order valence-corrected chi connectivity index (χ1v) is 3.88. The van der Waals surface area contributed by atoms with Crippen molar-refractivity contribution in [2.45, 2.75) is 13.3 Å². The third kappa shape index (κ3) is 1.71. The van der Waals surface area contributed by atoms with Crippen molar-refractivity contribution in [2.24, 2.45) is 0 Å². The highest BCUT2D eigenvalue weighted by atomic mass is 19.3. The fourth-order valence-corrected chi connectivity index (χ4v) is 1.16. The number of alkyl halides is 2. The largest absolute Gasteiger partial charge is 0.481 e. The molecule has 0 amide bonds. The molecule has 0 unspecified atom stereocenters. The molecule has 0 saturated heterocycles. The average molecular weight is 201 g/mol. The molecule has 14 heavy (non-hydrogen) atoms. The molecule has 0 bridgehead atoms. The number of halogens is 2. The van der Waals surface area contributed by atoms with Gasteiger partial charge in [-0.3, -0.25) is 4.79 Å². The van der Waals surface area contributed by atoms with E-state index in [1.807, 2.05) is 0 Å². The smallest absolute Gasteiger partial charge is 0.266 e. The van der Waals surface area contributed by atoms with E-state index < -0.39 is 6.43 Å². The summed E-state index contributed by atoms with van der Waals surface area (Å²) in [7, 11) is 1.37. The number of hydrogen-bond donors (Lipinski definition) is 0. The molecule has 1 aromatic heterocycles. The summed E-state index contributed by atoms with van der Waals surface area (Å²) >= 11 is 0. The van der Waals surface area contributed by atoms with E-state index in [-0.39, 0.29) is 17.0 Å². The van der Waals surface area contributed by atoms with E-state index in [1.54, 1.807) is 0 Å². The highest BCUT2D eigenvalue weighted by molar-refractivity contribution is 5.80. The van der Waals surface area contributed by atoms with Crippen molar-refractivity contribution in [2.75, 3.05) is 7.11 Å². The van der Waals surface area contributed by atoms with Gasteiger partial charge in [-0.2, -0.15) is 0 Å². The van der Waals surface area contributed by atoms with Crippen LogP contribution in [0.1, 0.15) is 27.9 Å². The summed E-state index contributed by atoms with van der Waals surface area (Å²) < 4.78 is 29.6. The van der Waals surface area contributed by atoms with E-state index in [4.69, 9.17) is 4.74 Å². The van der Waals surface area contributed by atoms with Crippen molar-refractivity contribution in [3.05, 3.63) is 22.9 Å². The van der Waals surface area contributed by atoms with E-state index in [9.17, 15) is 13.6 Å². The number of carbonyl (C=O) groups excluding carboxylic acids is 1. The van der Waals surface area contributed by atoms with Crippen LogP contribution in [-0.4, -0.2) is 18.4 Å². The first-order valence-electron chi connectivity index (χ1n) is 3.88. The van der Waals surface area contributed by atoms with Crippen LogP contribution in [0.15, 0.2) is 6.20 Å². The molecular formula is C9H9F2NO2. The van der Waals surface area contributed by atoms with Gasteiger partial charge in [0.25, 0.3) is 6.43 Å².